The number of aryl methyl sites for hydroxylation is 2. The van der Waals surface area contributed by atoms with Crippen molar-refractivity contribution in [3.63, 3.8) is 0 Å². The van der Waals surface area contributed by atoms with Gasteiger partial charge in [-0.15, -0.1) is 0 Å². The molecule has 142 valence electrons. The summed E-state index contributed by atoms with van der Waals surface area (Å²) in [6, 6.07) is 15.1. The molecule has 1 N–H and O–H groups in total. The number of imide groups is 1. The van der Waals surface area contributed by atoms with E-state index >= 15 is 0 Å². The van der Waals surface area contributed by atoms with Gasteiger partial charge in [0.25, 0.3) is 5.91 Å². The molecule has 1 saturated heterocycles. The molecular weight excluding hydrogens is 340 g/mol. The zero-order valence-electron chi connectivity index (χ0n) is 16.1. The van der Waals surface area contributed by atoms with E-state index in [9.17, 15) is 9.59 Å². The van der Waals surface area contributed by atoms with E-state index in [1.54, 1.807) is 0 Å². The van der Waals surface area contributed by atoms with Crippen molar-refractivity contribution in [3.05, 3.63) is 65.2 Å². The molecule has 2 aromatic rings. The standard InChI is InChI=1S/C22H26N2O3/c1-4-10-22(18-8-6-5-7-9-18)20(25)24(21(26)23-22)11-12-27-19-14-16(2)13-17(3)15-19/h5-9,13-15H,4,10-12H2,1-3H3,(H,23,26)/t22-/m1/s1. The first kappa shape index (κ1) is 19.0. The van der Waals surface area contributed by atoms with Gasteiger partial charge in [0.05, 0.1) is 6.54 Å². The van der Waals surface area contributed by atoms with E-state index in [2.05, 4.69) is 11.4 Å². The predicted molar refractivity (Wildman–Crippen MR) is 105 cm³/mol. The Kier molecular flexibility index (Phi) is 5.49. The maximum atomic E-state index is 13.2. The Labute approximate surface area is 160 Å². The number of hydrogen-bond donors (Lipinski definition) is 1. The summed E-state index contributed by atoms with van der Waals surface area (Å²) < 4.78 is 5.79. The van der Waals surface area contributed by atoms with Crippen molar-refractivity contribution >= 4 is 11.9 Å². The molecule has 0 bridgehead atoms. The van der Waals surface area contributed by atoms with Crippen LogP contribution in [-0.4, -0.2) is 30.0 Å². The Balaban J connectivity index is 1.73. The molecule has 1 heterocycles. The maximum absolute atomic E-state index is 13.2. The highest BCUT2D eigenvalue weighted by molar-refractivity contribution is 6.07. The van der Waals surface area contributed by atoms with Crippen molar-refractivity contribution in [1.29, 1.82) is 0 Å². The molecule has 1 fully saturated rings. The van der Waals surface area contributed by atoms with Crippen LogP contribution < -0.4 is 10.1 Å². The number of carbonyl (C=O) groups is 2. The summed E-state index contributed by atoms with van der Waals surface area (Å²) in [5.74, 6) is 0.548. The van der Waals surface area contributed by atoms with E-state index in [1.807, 2.05) is 63.2 Å². The number of benzene rings is 2. The summed E-state index contributed by atoms with van der Waals surface area (Å²) >= 11 is 0. The van der Waals surface area contributed by atoms with Crippen LogP contribution in [0.1, 0.15) is 36.5 Å². The van der Waals surface area contributed by atoms with Crippen LogP contribution in [-0.2, 0) is 10.3 Å². The van der Waals surface area contributed by atoms with E-state index in [0.29, 0.717) is 6.42 Å². The first-order valence-electron chi connectivity index (χ1n) is 9.37. The summed E-state index contributed by atoms with van der Waals surface area (Å²) in [5, 5.41) is 2.93. The number of carbonyl (C=O) groups excluding carboxylic acids is 2. The van der Waals surface area contributed by atoms with E-state index < -0.39 is 5.54 Å². The van der Waals surface area contributed by atoms with Gasteiger partial charge in [-0.2, -0.15) is 0 Å². The third-order valence-electron chi connectivity index (χ3n) is 4.85. The minimum atomic E-state index is -0.979. The molecule has 2 aromatic carbocycles. The van der Waals surface area contributed by atoms with Crippen LogP contribution >= 0.6 is 0 Å². The van der Waals surface area contributed by atoms with Crippen molar-refractivity contribution in [2.75, 3.05) is 13.2 Å². The Morgan fingerprint density at radius 3 is 2.33 bits per heavy atom. The van der Waals surface area contributed by atoms with Gasteiger partial charge in [-0.3, -0.25) is 9.69 Å². The van der Waals surface area contributed by atoms with Crippen molar-refractivity contribution in [2.24, 2.45) is 0 Å². The number of nitrogens with one attached hydrogen (secondary N) is 1. The average Bonchev–Trinajstić information content (AvgIpc) is 2.87. The lowest BCUT2D eigenvalue weighted by atomic mass is 9.85. The SMILES string of the molecule is CCC[C@]1(c2ccccc2)NC(=O)N(CCOc2cc(C)cc(C)c2)C1=O. The van der Waals surface area contributed by atoms with Crippen molar-refractivity contribution < 1.29 is 14.3 Å². The first-order valence-corrected chi connectivity index (χ1v) is 9.37. The second-order valence-electron chi connectivity index (χ2n) is 7.08. The van der Waals surface area contributed by atoms with E-state index in [0.717, 1.165) is 28.9 Å². The van der Waals surface area contributed by atoms with Crippen molar-refractivity contribution in [2.45, 2.75) is 39.2 Å². The van der Waals surface area contributed by atoms with Gasteiger partial charge in [0.2, 0.25) is 0 Å². The average molecular weight is 366 g/mol. The van der Waals surface area contributed by atoms with Gasteiger partial charge in [-0.05, 0) is 49.1 Å². The quantitative estimate of drug-likeness (QED) is 0.756. The van der Waals surface area contributed by atoms with Crippen LogP contribution in [0.2, 0.25) is 0 Å². The van der Waals surface area contributed by atoms with Crippen LogP contribution in [0.4, 0.5) is 4.79 Å². The number of urea groups is 1. The smallest absolute Gasteiger partial charge is 0.325 e. The summed E-state index contributed by atoms with van der Waals surface area (Å²) in [4.78, 5) is 27.0. The molecule has 0 aromatic heterocycles. The van der Waals surface area contributed by atoms with Gasteiger partial charge in [0.1, 0.15) is 17.9 Å². The lowest BCUT2D eigenvalue weighted by molar-refractivity contribution is -0.132. The summed E-state index contributed by atoms with van der Waals surface area (Å²) in [7, 11) is 0. The van der Waals surface area contributed by atoms with Crippen molar-refractivity contribution in [1.82, 2.24) is 10.2 Å². The summed E-state index contributed by atoms with van der Waals surface area (Å²) in [6.07, 6.45) is 1.35. The van der Waals surface area contributed by atoms with Crippen LogP contribution in [0, 0.1) is 13.8 Å². The summed E-state index contributed by atoms with van der Waals surface area (Å²) in [5.41, 5.74) is 2.08. The molecule has 5 heteroatoms. The van der Waals surface area contributed by atoms with Gasteiger partial charge in [0.15, 0.2) is 0 Å². The third-order valence-corrected chi connectivity index (χ3v) is 4.85. The third kappa shape index (κ3) is 3.82. The fraction of sp³-hybridized carbons (Fsp3) is 0.364. The molecule has 0 aliphatic carbocycles. The lowest BCUT2D eigenvalue weighted by Gasteiger charge is -2.27. The molecule has 1 atom stereocenters. The Morgan fingerprint density at radius 2 is 1.70 bits per heavy atom. The minimum Gasteiger partial charge on any atom is -0.492 e. The fourth-order valence-corrected chi connectivity index (χ4v) is 3.71. The number of amides is 3. The van der Waals surface area contributed by atoms with Crippen LogP contribution in [0.15, 0.2) is 48.5 Å². The second-order valence-corrected chi connectivity index (χ2v) is 7.08. The molecule has 1 aliphatic rings. The molecule has 3 rings (SSSR count). The van der Waals surface area contributed by atoms with Crippen molar-refractivity contribution in [3.8, 4) is 5.75 Å². The largest absolute Gasteiger partial charge is 0.492 e. The van der Waals surface area contributed by atoms with E-state index in [4.69, 9.17) is 4.74 Å². The fourth-order valence-electron chi connectivity index (χ4n) is 3.71. The number of rotatable bonds is 7. The molecule has 5 nitrogen and oxygen atoms in total. The Morgan fingerprint density at radius 1 is 1.04 bits per heavy atom. The molecule has 0 radical (unpaired) electrons. The zero-order chi connectivity index (χ0) is 19.4. The molecule has 27 heavy (non-hydrogen) atoms. The number of hydrogen-bond acceptors (Lipinski definition) is 3. The highest BCUT2D eigenvalue weighted by Crippen LogP contribution is 2.33. The molecule has 0 spiro atoms. The minimum absolute atomic E-state index is 0.204. The highest BCUT2D eigenvalue weighted by Gasteiger charge is 2.51. The Hall–Kier alpha value is -2.82. The van der Waals surface area contributed by atoms with Gasteiger partial charge in [-0.1, -0.05) is 49.7 Å². The van der Waals surface area contributed by atoms with Gasteiger partial charge < -0.3 is 10.1 Å². The highest BCUT2D eigenvalue weighted by atomic mass is 16.5. The van der Waals surface area contributed by atoms with E-state index in [-0.39, 0.29) is 25.1 Å². The van der Waals surface area contributed by atoms with Crippen LogP contribution in [0.5, 0.6) is 5.75 Å². The van der Waals surface area contributed by atoms with E-state index in [1.165, 1.54) is 4.90 Å². The molecule has 0 saturated carbocycles. The lowest BCUT2D eigenvalue weighted by Crippen LogP contribution is -2.44. The monoisotopic (exact) mass is 366 g/mol. The van der Waals surface area contributed by atoms with Crippen LogP contribution in [0.3, 0.4) is 0 Å². The zero-order valence-corrected chi connectivity index (χ0v) is 16.1. The molecular formula is C22H26N2O3. The maximum Gasteiger partial charge on any atom is 0.325 e. The normalized spacial score (nSPS) is 19.3. The summed E-state index contributed by atoms with van der Waals surface area (Å²) in [6.45, 7) is 6.51. The molecule has 1 aliphatic heterocycles. The second kappa shape index (κ2) is 7.82. The molecule has 0 unspecified atom stereocenters. The number of nitrogens with zero attached hydrogens (tertiary/aromatic N) is 1. The topological polar surface area (TPSA) is 58.6 Å². The number of ether oxygens (including phenoxy) is 1. The van der Waals surface area contributed by atoms with Crippen LogP contribution in [0.25, 0.3) is 0 Å². The van der Waals surface area contributed by atoms with Gasteiger partial charge in [-0.25, -0.2) is 4.79 Å². The first-order chi connectivity index (χ1) is 13.0. The predicted octanol–water partition coefficient (Wildman–Crippen LogP) is 3.93. The Bertz CT molecular complexity index is 814. The van der Waals surface area contributed by atoms with Gasteiger partial charge in [0, 0.05) is 0 Å². The van der Waals surface area contributed by atoms with Gasteiger partial charge >= 0.3 is 6.03 Å². The molecule has 3 amide bonds.